The number of benzene rings is 1. The molecule has 1 aromatic rings. The van der Waals surface area contributed by atoms with Gasteiger partial charge in [0, 0.05) is 22.6 Å². The second-order valence-electron chi connectivity index (χ2n) is 6.15. The molecule has 1 amide bonds. The fourth-order valence-corrected chi connectivity index (χ4v) is 3.99. The van der Waals surface area contributed by atoms with E-state index in [1.165, 1.54) is 19.3 Å². The molecule has 3 unspecified atom stereocenters. The first-order valence-corrected chi connectivity index (χ1v) is 9.23. The highest BCUT2D eigenvalue weighted by Gasteiger charge is 2.23. The van der Waals surface area contributed by atoms with Crippen LogP contribution in [0.4, 0.5) is 0 Å². The van der Waals surface area contributed by atoms with Crippen molar-refractivity contribution in [3.8, 4) is 0 Å². The molecule has 3 atom stereocenters. The van der Waals surface area contributed by atoms with Crippen molar-refractivity contribution in [1.29, 1.82) is 0 Å². The minimum atomic E-state index is -1.14. The maximum atomic E-state index is 12.1. The van der Waals surface area contributed by atoms with Crippen LogP contribution in [0.2, 0.25) is 0 Å². The van der Waals surface area contributed by atoms with Crippen molar-refractivity contribution in [1.82, 2.24) is 5.32 Å². The van der Waals surface area contributed by atoms with Crippen LogP contribution in [-0.4, -0.2) is 21.9 Å². The molecule has 1 saturated carbocycles. The quantitative estimate of drug-likeness (QED) is 0.909. The summed E-state index contributed by atoms with van der Waals surface area (Å²) in [5.41, 5.74) is 2.19. The van der Waals surface area contributed by atoms with Gasteiger partial charge in [0.2, 0.25) is 5.91 Å². The highest BCUT2D eigenvalue weighted by atomic mass is 32.2. The Bertz CT molecular complexity index is 515. The van der Waals surface area contributed by atoms with Gasteiger partial charge >= 0.3 is 0 Å². The predicted octanol–water partition coefficient (Wildman–Crippen LogP) is 2.94. The molecule has 3 nitrogen and oxygen atoms in total. The van der Waals surface area contributed by atoms with Crippen molar-refractivity contribution in [2.45, 2.75) is 51.3 Å². The van der Waals surface area contributed by atoms with Crippen LogP contribution in [0.15, 0.2) is 24.3 Å². The van der Waals surface area contributed by atoms with Crippen LogP contribution in [0.1, 0.15) is 43.7 Å². The molecule has 2 rings (SSSR count). The Morgan fingerprint density at radius 3 is 2.81 bits per heavy atom. The first kappa shape index (κ1) is 16.2. The van der Waals surface area contributed by atoms with Crippen LogP contribution in [0.5, 0.6) is 0 Å². The molecule has 1 N–H and O–H groups in total. The molecule has 4 heteroatoms. The lowest BCUT2D eigenvalue weighted by atomic mass is 9.86. The fraction of sp³-hybridized carbons (Fsp3) is 0.588. The number of nitrogens with one attached hydrogen (secondary N) is 1. The summed E-state index contributed by atoms with van der Waals surface area (Å²) in [5, 5.41) is 3.06. The van der Waals surface area contributed by atoms with Gasteiger partial charge in [-0.25, -0.2) is 0 Å². The second kappa shape index (κ2) is 7.74. The van der Waals surface area contributed by atoms with Gasteiger partial charge in [-0.2, -0.15) is 0 Å². The van der Waals surface area contributed by atoms with E-state index in [1.54, 1.807) is 0 Å². The van der Waals surface area contributed by atoms with E-state index in [2.05, 4.69) is 12.2 Å². The van der Waals surface area contributed by atoms with Gasteiger partial charge in [-0.3, -0.25) is 9.00 Å². The Hall–Kier alpha value is -1.16. The summed E-state index contributed by atoms with van der Waals surface area (Å²) in [6, 6.07) is 8.24. The first-order chi connectivity index (χ1) is 10.0. The maximum Gasteiger partial charge on any atom is 0.232 e. The molecule has 1 aliphatic rings. The van der Waals surface area contributed by atoms with E-state index in [0.717, 1.165) is 17.5 Å². The monoisotopic (exact) mass is 307 g/mol. The van der Waals surface area contributed by atoms with E-state index in [0.29, 0.717) is 11.7 Å². The molecule has 1 aliphatic carbocycles. The molecule has 0 heterocycles. The van der Waals surface area contributed by atoms with E-state index in [-0.39, 0.29) is 17.7 Å². The molecule has 0 spiro atoms. The molecular formula is C17H25NO2S. The number of hydrogen-bond acceptors (Lipinski definition) is 2. The van der Waals surface area contributed by atoms with Gasteiger partial charge in [0.05, 0.1) is 0 Å². The van der Waals surface area contributed by atoms with Gasteiger partial charge in [0.1, 0.15) is 5.75 Å². The van der Waals surface area contributed by atoms with Crippen LogP contribution in [0, 0.1) is 12.8 Å². The summed E-state index contributed by atoms with van der Waals surface area (Å²) < 4.78 is 12.1. The molecule has 0 aromatic heterocycles. The lowest BCUT2D eigenvalue weighted by molar-refractivity contribution is -0.119. The van der Waals surface area contributed by atoms with Crippen molar-refractivity contribution < 1.29 is 9.00 Å². The van der Waals surface area contributed by atoms with Crippen LogP contribution < -0.4 is 5.32 Å². The minimum Gasteiger partial charge on any atom is -0.352 e. The van der Waals surface area contributed by atoms with E-state index in [4.69, 9.17) is 0 Å². The number of amides is 1. The number of carbonyl (C=O) groups excluding carboxylic acids is 1. The van der Waals surface area contributed by atoms with Crippen molar-refractivity contribution in [3.05, 3.63) is 35.4 Å². The maximum absolute atomic E-state index is 12.1. The number of rotatable bonds is 5. The topological polar surface area (TPSA) is 46.2 Å². The van der Waals surface area contributed by atoms with Gasteiger partial charge in [0.15, 0.2) is 0 Å². The largest absolute Gasteiger partial charge is 0.352 e. The molecule has 1 aromatic carbocycles. The predicted molar refractivity (Wildman–Crippen MR) is 87.5 cm³/mol. The normalized spacial score (nSPS) is 23.5. The third-order valence-electron chi connectivity index (χ3n) is 4.16. The third kappa shape index (κ3) is 5.27. The molecule has 116 valence electrons. The highest BCUT2D eigenvalue weighted by molar-refractivity contribution is 7.84. The van der Waals surface area contributed by atoms with Gasteiger partial charge in [-0.15, -0.1) is 0 Å². The molecule has 0 aliphatic heterocycles. The van der Waals surface area contributed by atoms with Gasteiger partial charge in [-0.05, 0) is 31.2 Å². The highest BCUT2D eigenvalue weighted by Crippen LogP contribution is 2.23. The van der Waals surface area contributed by atoms with E-state index >= 15 is 0 Å². The van der Waals surface area contributed by atoms with Crippen molar-refractivity contribution in [2.75, 3.05) is 5.75 Å². The van der Waals surface area contributed by atoms with E-state index < -0.39 is 10.8 Å². The van der Waals surface area contributed by atoms with E-state index in [9.17, 15) is 9.00 Å². The fourth-order valence-electron chi connectivity index (χ4n) is 2.96. The van der Waals surface area contributed by atoms with Crippen molar-refractivity contribution >= 4 is 16.7 Å². The van der Waals surface area contributed by atoms with Gasteiger partial charge in [-0.1, -0.05) is 49.6 Å². The summed E-state index contributed by atoms with van der Waals surface area (Å²) in [6.07, 6.45) is 4.67. The lowest BCUT2D eigenvalue weighted by Gasteiger charge is -2.29. The standard InChI is InChI=1S/C17H25NO2S/c1-13-6-5-8-15(10-13)11-21(20)12-17(19)18-16-9-4-3-7-14(16)2/h5-6,8,10,14,16H,3-4,7,9,11-12H2,1-2H3,(H,18,19). The SMILES string of the molecule is Cc1cccc(CS(=O)CC(=O)NC2CCCCC2C)c1. The Kier molecular flexibility index (Phi) is 5.97. The van der Waals surface area contributed by atoms with Crippen LogP contribution in [-0.2, 0) is 21.3 Å². The second-order valence-corrected chi connectivity index (χ2v) is 7.61. The average molecular weight is 307 g/mol. The average Bonchev–Trinajstić information content (AvgIpc) is 2.41. The number of carbonyl (C=O) groups is 1. The van der Waals surface area contributed by atoms with Crippen molar-refractivity contribution in [3.63, 3.8) is 0 Å². The summed E-state index contributed by atoms with van der Waals surface area (Å²) in [5.74, 6) is 1.03. The Morgan fingerprint density at radius 2 is 2.10 bits per heavy atom. The van der Waals surface area contributed by atoms with Crippen LogP contribution in [0.3, 0.4) is 0 Å². The third-order valence-corrected chi connectivity index (χ3v) is 5.40. The van der Waals surface area contributed by atoms with Crippen LogP contribution in [0.25, 0.3) is 0 Å². The van der Waals surface area contributed by atoms with Gasteiger partial charge in [0.25, 0.3) is 0 Å². The zero-order valence-electron chi connectivity index (χ0n) is 12.9. The lowest BCUT2D eigenvalue weighted by Crippen LogP contribution is -2.42. The van der Waals surface area contributed by atoms with Crippen LogP contribution >= 0.6 is 0 Å². The molecule has 0 radical (unpaired) electrons. The Balaban J connectivity index is 1.80. The summed E-state index contributed by atoms with van der Waals surface area (Å²) in [6.45, 7) is 4.21. The Morgan fingerprint density at radius 1 is 1.33 bits per heavy atom. The molecule has 0 saturated heterocycles. The Labute approximate surface area is 130 Å². The smallest absolute Gasteiger partial charge is 0.232 e. The number of aryl methyl sites for hydroxylation is 1. The van der Waals surface area contributed by atoms with Gasteiger partial charge < -0.3 is 5.32 Å². The zero-order chi connectivity index (χ0) is 15.2. The molecule has 0 bridgehead atoms. The molecular weight excluding hydrogens is 282 g/mol. The first-order valence-electron chi connectivity index (χ1n) is 7.74. The molecule has 1 fully saturated rings. The summed E-state index contributed by atoms with van der Waals surface area (Å²) in [7, 11) is -1.14. The zero-order valence-corrected chi connectivity index (χ0v) is 13.7. The summed E-state index contributed by atoms with van der Waals surface area (Å²) in [4.78, 5) is 12.0. The minimum absolute atomic E-state index is 0.0697. The van der Waals surface area contributed by atoms with Crippen molar-refractivity contribution in [2.24, 2.45) is 5.92 Å². The summed E-state index contributed by atoms with van der Waals surface area (Å²) >= 11 is 0. The van der Waals surface area contributed by atoms with E-state index in [1.807, 2.05) is 31.2 Å². The number of hydrogen-bond donors (Lipinski definition) is 1. The molecule has 21 heavy (non-hydrogen) atoms.